The fourth-order valence-corrected chi connectivity index (χ4v) is 5.41. The lowest BCUT2D eigenvalue weighted by molar-refractivity contribution is 0.991. The highest BCUT2D eigenvalue weighted by Crippen LogP contribution is 2.54. The minimum atomic E-state index is 0.988. The van der Waals surface area contributed by atoms with Crippen LogP contribution < -0.4 is 4.90 Å². The Balaban J connectivity index is 1.56. The third-order valence-corrected chi connectivity index (χ3v) is 6.58. The van der Waals surface area contributed by atoms with Crippen LogP contribution >= 0.6 is 0 Å². The third-order valence-electron chi connectivity index (χ3n) is 6.58. The zero-order chi connectivity index (χ0) is 18.2. The second-order valence-corrected chi connectivity index (χ2v) is 8.05. The Labute approximate surface area is 164 Å². The lowest BCUT2D eigenvalue weighted by Gasteiger charge is -2.40. The van der Waals surface area contributed by atoms with Gasteiger partial charge in [0.1, 0.15) is 0 Å². The van der Waals surface area contributed by atoms with Gasteiger partial charge in [-0.2, -0.15) is 0 Å². The van der Waals surface area contributed by atoms with Gasteiger partial charge in [0.2, 0.25) is 0 Å². The first-order chi connectivity index (χ1) is 13.9. The minimum absolute atomic E-state index is 0.988. The molecule has 0 fully saturated rings. The highest BCUT2D eigenvalue weighted by atomic mass is 15.2. The lowest BCUT2D eigenvalue weighted by atomic mass is 9.85. The van der Waals surface area contributed by atoms with Crippen LogP contribution in [-0.2, 0) is 19.3 Å². The summed E-state index contributed by atoms with van der Waals surface area (Å²) in [6, 6.07) is 22.5. The summed E-state index contributed by atoms with van der Waals surface area (Å²) in [7, 11) is 0. The Hall–Kier alpha value is -3.39. The number of para-hydroxylation sites is 1. The molecule has 0 atom stereocenters. The molecule has 3 aromatic carbocycles. The molecule has 2 heteroatoms. The van der Waals surface area contributed by atoms with Gasteiger partial charge in [0, 0.05) is 25.5 Å². The number of benzene rings is 3. The normalized spacial score (nSPS) is 14.6. The van der Waals surface area contributed by atoms with Crippen LogP contribution in [0, 0.1) is 0 Å². The van der Waals surface area contributed by atoms with Crippen molar-refractivity contribution in [2.24, 2.45) is 0 Å². The molecule has 0 N–H and O–H groups in total. The highest BCUT2D eigenvalue weighted by Gasteiger charge is 2.35. The van der Waals surface area contributed by atoms with Crippen LogP contribution in [0.25, 0.3) is 11.1 Å². The van der Waals surface area contributed by atoms with Crippen molar-refractivity contribution in [3.05, 3.63) is 106 Å². The Morgan fingerprint density at radius 3 is 2.32 bits per heavy atom. The molecule has 0 saturated carbocycles. The van der Waals surface area contributed by atoms with Gasteiger partial charge in [-0.3, -0.25) is 4.98 Å². The van der Waals surface area contributed by atoms with Crippen LogP contribution in [0.2, 0.25) is 0 Å². The van der Waals surface area contributed by atoms with E-state index in [1.54, 1.807) is 0 Å². The largest absolute Gasteiger partial charge is 0.307 e. The van der Waals surface area contributed by atoms with E-state index in [4.69, 9.17) is 0 Å². The number of rotatable bonds is 0. The molecule has 0 bridgehead atoms. The molecule has 7 rings (SSSR count). The highest BCUT2D eigenvalue weighted by molar-refractivity contribution is 5.94. The molecule has 1 aromatic heterocycles. The molecule has 132 valence electrons. The van der Waals surface area contributed by atoms with Gasteiger partial charge >= 0.3 is 0 Å². The first kappa shape index (κ1) is 14.6. The van der Waals surface area contributed by atoms with Crippen molar-refractivity contribution < 1.29 is 0 Å². The van der Waals surface area contributed by atoms with Crippen molar-refractivity contribution >= 4 is 17.1 Å². The zero-order valence-corrected chi connectivity index (χ0v) is 15.4. The number of anilines is 3. The molecule has 28 heavy (non-hydrogen) atoms. The van der Waals surface area contributed by atoms with Crippen molar-refractivity contribution in [3.63, 3.8) is 0 Å². The SMILES string of the molecule is c1ccc2c(c1)Cc1c-2ccc2c1N1c3cnccc3Cc3cccc(c31)C2. The number of hydrogen-bond donors (Lipinski definition) is 0. The Kier molecular flexibility index (Phi) is 2.67. The van der Waals surface area contributed by atoms with Gasteiger partial charge < -0.3 is 4.90 Å². The van der Waals surface area contributed by atoms with E-state index in [2.05, 4.69) is 70.5 Å². The molecule has 0 saturated heterocycles. The number of nitrogens with zero attached hydrogens (tertiary/aromatic N) is 2. The molecule has 1 aliphatic carbocycles. The van der Waals surface area contributed by atoms with Crippen molar-refractivity contribution in [3.8, 4) is 11.1 Å². The maximum Gasteiger partial charge on any atom is 0.0680 e. The van der Waals surface area contributed by atoms with Gasteiger partial charge in [-0.05, 0) is 50.6 Å². The number of fused-ring (bicyclic) bond motifs is 8. The van der Waals surface area contributed by atoms with E-state index in [9.17, 15) is 0 Å². The quantitative estimate of drug-likeness (QED) is 0.334. The van der Waals surface area contributed by atoms with Crippen molar-refractivity contribution in [1.29, 1.82) is 0 Å². The van der Waals surface area contributed by atoms with Gasteiger partial charge in [0.25, 0.3) is 0 Å². The van der Waals surface area contributed by atoms with Crippen molar-refractivity contribution in [2.75, 3.05) is 4.90 Å². The summed E-state index contributed by atoms with van der Waals surface area (Å²) < 4.78 is 0. The van der Waals surface area contributed by atoms with Crippen molar-refractivity contribution in [1.82, 2.24) is 4.98 Å². The molecule has 3 aliphatic rings. The Bertz CT molecular complexity index is 1290. The predicted molar refractivity (Wildman–Crippen MR) is 113 cm³/mol. The number of pyridine rings is 1. The molecule has 0 radical (unpaired) electrons. The lowest BCUT2D eigenvalue weighted by Crippen LogP contribution is -2.25. The van der Waals surface area contributed by atoms with Crippen LogP contribution in [0.3, 0.4) is 0 Å². The van der Waals surface area contributed by atoms with E-state index in [0.29, 0.717) is 0 Å². The van der Waals surface area contributed by atoms with Crippen molar-refractivity contribution in [2.45, 2.75) is 19.3 Å². The third kappa shape index (κ3) is 1.75. The molecule has 2 aliphatic heterocycles. The summed E-state index contributed by atoms with van der Waals surface area (Å²) in [5, 5.41) is 0. The maximum atomic E-state index is 4.49. The first-order valence-electron chi connectivity index (χ1n) is 9.95. The summed E-state index contributed by atoms with van der Waals surface area (Å²) >= 11 is 0. The summed E-state index contributed by atoms with van der Waals surface area (Å²) in [4.78, 5) is 7.00. The van der Waals surface area contributed by atoms with Crippen LogP contribution in [0.1, 0.15) is 33.4 Å². The monoisotopic (exact) mass is 358 g/mol. The molecule has 4 aromatic rings. The number of aromatic nitrogens is 1. The number of hydrogen-bond acceptors (Lipinski definition) is 2. The zero-order valence-electron chi connectivity index (χ0n) is 15.4. The van der Waals surface area contributed by atoms with E-state index in [0.717, 1.165) is 19.3 Å². The van der Waals surface area contributed by atoms with E-state index in [-0.39, 0.29) is 0 Å². The first-order valence-corrected chi connectivity index (χ1v) is 9.95. The molecule has 0 amide bonds. The van der Waals surface area contributed by atoms with Crippen LogP contribution in [-0.4, -0.2) is 4.98 Å². The molecular formula is C26H18N2. The fraction of sp³-hybridized carbons (Fsp3) is 0.115. The van der Waals surface area contributed by atoms with E-state index < -0.39 is 0 Å². The molecule has 0 unspecified atom stereocenters. The summed E-state index contributed by atoms with van der Waals surface area (Å²) in [6.45, 7) is 0. The smallest absolute Gasteiger partial charge is 0.0680 e. The second kappa shape index (κ2) is 5.11. The van der Waals surface area contributed by atoms with Gasteiger partial charge in [-0.25, -0.2) is 0 Å². The van der Waals surface area contributed by atoms with E-state index in [1.165, 1.54) is 61.6 Å². The molecule has 0 spiro atoms. The summed E-state index contributed by atoms with van der Waals surface area (Å²) in [5.41, 5.74) is 15.4. The summed E-state index contributed by atoms with van der Waals surface area (Å²) in [6.07, 6.45) is 6.98. The minimum Gasteiger partial charge on any atom is -0.307 e. The average Bonchev–Trinajstić information content (AvgIpc) is 3.12. The Morgan fingerprint density at radius 1 is 0.607 bits per heavy atom. The standard InChI is InChI=1S/C26H18N2/c1-2-7-21-16(4-1)14-23-22(21)9-8-20-13-19-6-3-5-18-12-17-10-11-27-15-24(17)28(25(18)19)26(20)23/h1-11,15H,12-14H2. The van der Waals surface area contributed by atoms with Crippen LogP contribution in [0.4, 0.5) is 17.1 Å². The van der Waals surface area contributed by atoms with Gasteiger partial charge in [-0.1, -0.05) is 54.6 Å². The maximum absolute atomic E-state index is 4.49. The van der Waals surface area contributed by atoms with Crippen LogP contribution in [0.5, 0.6) is 0 Å². The predicted octanol–water partition coefficient (Wildman–Crippen LogP) is 5.93. The van der Waals surface area contributed by atoms with Gasteiger partial charge in [0.05, 0.1) is 23.3 Å². The van der Waals surface area contributed by atoms with E-state index >= 15 is 0 Å². The Morgan fingerprint density at radius 2 is 1.39 bits per heavy atom. The second-order valence-electron chi connectivity index (χ2n) is 8.05. The van der Waals surface area contributed by atoms with Gasteiger partial charge in [0.15, 0.2) is 0 Å². The molecule has 3 heterocycles. The fourth-order valence-electron chi connectivity index (χ4n) is 5.41. The molecule has 2 nitrogen and oxygen atoms in total. The van der Waals surface area contributed by atoms with E-state index in [1.807, 2.05) is 12.4 Å². The van der Waals surface area contributed by atoms with Gasteiger partial charge in [-0.15, -0.1) is 0 Å². The van der Waals surface area contributed by atoms with Crippen LogP contribution in [0.15, 0.2) is 73.1 Å². The molecular weight excluding hydrogens is 340 g/mol. The average molecular weight is 358 g/mol. The topological polar surface area (TPSA) is 16.1 Å². The summed E-state index contributed by atoms with van der Waals surface area (Å²) in [5.74, 6) is 0.